The molecule has 0 aromatic carbocycles. The van der Waals surface area contributed by atoms with E-state index in [1.165, 1.54) is 6.92 Å². The highest BCUT2D eigenvalue weighted by Crippen LogP contribution is 2.18. The molecule has 0 radical (unpaired) electrons. The molecule has 1 amide bonds. The van der Waals surface area contributed by atoms with Crippen LogP contribution in [0.1, 0.15) is 19.8 Å². The fourth-order valence-electron chi connectivity index (χ4n) is 1.89. The number of carbonyl (C=O) groups is 1. The lowest BCUT2D eigenvalue weighted by molar-refractivity contribution is -0.118. The van der Waals surface area contributed by atoms with Crippen LogP contribution in [0, 0.1) is 0 Å². The Labute approximate surface area is 116 Å². The first-order chi connectivity index (χ1) is 9.15. The normalized spacial score (nSPS) is 14.5. The Morgan fingerprint density at radius 3 is 2.68 bits per heavy atom. The van der Waals surface area contributed by atoms with Crippen molar-refractivity contribution in [3.8, 4) is 0 Å². The minimum atomic E-state index is -0.0618. The Balaban J connectivity index is 1.94. The summed E-state index contributed by atoms with van der Waals surface area (Å²) >= 11 is 5.89. The summed E-state index contributed by atoms with van der Waals surface area (Å²) in [5.74, 6) is 0.986. The van der Waals surface area contributed by atoms with Gasteiger partial charge < -0.3 is 15.5 Å². The lowest BCUT2D eigenvalue weighted by atomic mass is 10.4. The van der Waals surface area contributed by atoms with Crippen molar-refractivity contribution in [2.24, 2.45) is 0 Å². The van der Waals surface area contributed by atoms with E-state index >= 15 is 0 Å². The topological polar surface area (TPSA) is 83.0 Å². The number of rotatable bonds is 5. The number of amides is 1. The van der Waals surface area contributed by atoms with Gasteiger partial charge in [0.05, 0.1) is 0 Å². The third-order valence-electron chi connectivity index (χ3n) is 2.77. The van der Waals surface area contributed by atoms with Crippen LogP contribution in [-0.2, 0) is 4.79 Å². The Hall–Kier alpha value is -1.63. The highest BCUT2D eigenvalue weighted by molar-refractivity contribution is 6.28. The zero-order valence-corrected chi connectivity index (χ0v) is 11.6. The van der Waals surface area contributed by atoms with Crippen LogP contribution in [0.5, 0.6) is 0 Å². The van der Waals surface area contributed by atoms with E-state index in [1.807, 2.05) is 0 Å². The van der Waals surface area contributed by atoms with Crippen molar-refractivity contribution in [1.29, 1.82) is 0 Å². The first-order valence-corrected chi connectivity index (χ1v) is 6.68. The molecule has 0 atom stereocenters. The maximum absolute atomic E-state index is 10.7. The molecular weight excluding hydrogens is 268 g/mol. The fraction of sp³-hybridized carbons (Fsp3) is 0.636. The van der Waals surface area contributed by atoms with E-state index in [9.17, 15) is 4.79 Å². The molecule has 2 heterocycles. The average Bonchev–Trinajstić information content (AvgIpc) is 2.87. The van der Waals surface area contributed by atoms with Crippen molar-refractivity contribution < 1.29 is 4.79 Å². The van der Waals surface area contributed by atoms with Crippen LogP contribution in [0.15, 0.2) is 0 Å². The lowest BCUT2D eigenvalue weighted by Gasteiger charge is -2.15. The van der Waals surface area contributed by atoms with Gasteiger partial charge in [-0.3, -0.25) is 4.79 Å². The van der Waals surface area contributed by atoms with Gasteiger partial charge in [-0.25, -0.2) is 0 Å². The summed E-state index contributed by atoms with van der Waals surface area (Å²) < 4.78 is 0. The Morgan fingerprint density at radius 2 is 2.00 bits per heavy atom. The number of anilines is 2. The largest absolute Gasteiger partial charge is 0.355 e. The molecule has 1 aliphatic rings. The molecule has 1 saturated heterocycles. The summed E-state index contributed by atoms with van der Waals surface area (Å²) in [6.45, 7) is 4.43. The summed E-state index contributed by atoms with van der Waals surface area (Å²) in [5, 5.41) is 5.88. The first kappa shape index (κ1) is 13.8. The third kappa shape index (κ3) is 4.20. The Kier molecular flexibility index (Phi) is 4.73. The molecule has 0 saturated carbocycles. The van der Waals surface area contributed by atoms with E-state index in [1.54, 1.807) is 0 Å². The van der Waals surface area contributed by atoms with E-state index in [0.717, 1.165) is 25.9 Å². The number of halogens is 1. The molecule has 0 unspecified atom stereocenters. The molecule has 2 N–H and O–H groups in total. The second-order valence-electron chi connectivity index (χ2n) is 4.33. The quantitative estimate of drug-likeness (QED) is 0.774. The van der Waals surface area contributed by atoms with Gasteiger partial charge in [0, 0.05) is 33.1 Å². The van der Waals surface area contributed by atoms with Gasteiger partial charge in [-0.05, 0) is 24.4 Å². The van der Waals surface area contributed by atoms with Gasteiger partial charge in [-0.1, -0.05) is 0 Å². The van der Waals surface area contributed by atoms with Gasteiger partial charge in [0.1, 0.15) is 0 Å². The van der Waals surface area contributed by atoms with Crippen LogP contribution < -0.4 is 15.5 Å². The van der Waals surface area contributed by atoms with Crippen LogP contribution in [0.25, 0.3) is 0 Å². The van der Waals surface area contributed by atoms with Gasteiger partial charge in [0.15, 0.2) is 0 Å². The maximum atomic E-state index is 10.7. The minimum Gasteiger partial charge on any atom is -0.355 e. The van der Waals surface area contributed by atoms with Crippen molar-refractivity contribution in [3.63, 3.8) is 0 Å². The number of nitrogens with one attached hydrogen (secondary N) is 2. The molecule has 1 aliphatic heterocycles. The van der Waals surface area contributed by atoms with Gasteiger partial charge in [0.2, 0.25) is 23.1 Å². The van der Waals surface area contributed by atoms with Crippen molar-refractivity contribution in [3.05, 3.63) is 5.28 Å². The second-order valence-corrected chi connectivity index (χ2v) is 4.67. The maximum Gasteiger partial charge on any atom is 0.231 e. The summed E-state index contributed by atoms with van der Waals surface area (Å²) in [7, 11) is 0. The van der Waals surface area contributed by atoms with Gasteiger partial charge in [-0.2, -0.15) is 15.0 Å². The second kappa shape index (κ2) is 6.51. The molecule has 0 spiro atoms. The summed E-state index contributed by atoms with van der Waals surface area (Å²) in [6.07, 6.45) is 2.29. The minimum absolute atomic E-state index is 0.0618. The fourth-order valence-corrected chi connectivity index (χ4v) is 2.05. The van der Waals surface area contributed by atoms with Gasteiger partial charge in [0.25, 0.3) is 0 Å². The number of hydrogen-bond donors (Lipinski definition) is 2. The van der Waals surface area contributed by atoms with Gasteiger partial charge in [-0.15, -0.1) is 0 Å². The Morgan fingerprint density at radius 1 is 1.26 bits per heavy atom. The monoisotopic (exact) mass is 284 g/mol. The molecule has 1 fully saturated rings. The molecule has 8 heteroatoms. The van der Waals surface area contributed by atoms with E-state index in [-0.39, 0.29) is 11.2 Å². The number of aromatic nitrogens is 3. The van der Waals surface area contributed by atoms with E-state index < -0.39 is 0 Å². The zero-order chi connectivity index (χ0) is 13.7. The average molecular weight is 285 g/mol. The standard InChI is InChI=1S/C11H17ClN6O/c1-8(19)13-4-5-14-10-15-9(12)16-11(17-10)18-6-2-3-7-18/h2-7H2,1H3,(H,13,19)(H,14,15,16,17). The first-order valence-electron chi connectivity index (χ1n) is 6.30. The van der Waals surface area contributed by atoms with Crippen molar-refractivity contribution >= 4 is 29.4 Å². The lowest BCUT2D eigenvalue weighted by Crippen LogP contribution is -2.27. The summed E-state index contributed by atoms with van der Waals surface area (Å²) in [6, 6.07) is 0. The highest BCUT2D eigenvalue weighted by atomic mass is 35.5. The molecule has 19 heavy (non-hydrogen) atoms. The molecule has 104 valence electrons. The van der Waals surface area contributed by atoms with E-state index in [4.69, 9.17) is 11.6 Å². The van der Waals surface area contributed by atoms with E-state index in [2.05, 4.69) is 30.5 Å². The number of carbonyl (C=O) groups excluding carboxylic acids is 1. The highest BCUT2D eigenvalue weighted by Gasteiger charge is 2.16. The molecule has 2 rings (SSSR count). The van der Waals surface area contributed by atoms with Crippen molar-refractivity contribution in [1.82, 2.24) is 20.3 Å². The number of nitrogens with zero attached hydrogens (tertiary/aromatic N) is 4. The molecule has 1 aromatic heterocycles. The molecule has 1 aromatic rings. The van der Waals surface area contributed by atoms with Gasteiger partial charge >= 0.3 is 0 Å². The molecule has 0 bridgehead atoms. The SMILES string of the molecule is CC(=O)NCCNc1nc(Cl)nc(N2CCCC2)n1. The summed E-state index contributed by atoms with van der Waals surface area (Å²) in [4.78, 5) is 25.3. The smallest absolute Gasteiger partial charge is 0.231 e. The summed E-state index contributed by atoms with van der Waals surface area (Å²) in [5.41, 5.74) is 0. The van der Waals surface area contributed by atoms with Crippen LogP contribution in [0.4, 0.5) is 11.9 Å². The molecule has 0 aliphatic carbocycles. The van der Waals surface area contributed by atoms with Crippen LogP contribution in [-0.4, -0.2) is 47.0 Å². The van der Waals surface area contributed by atoms with Crippen LogP contribution in [0.2, 0.25) is 5.28 Å². The molecular formula is C11H17ClN6O. The number of hydrogen-bond acceptors (Lipinski definition) is 6. The third-order valence-corrected chi connectivity index (χ3v) is 2.94. The van der Waals surface area contributed by atoms with Crippen molar-refractivity contribution in [2.45, 2.75) is 19.8 Å². The Bertz CT molecular complexity index is 449. The van der Waals surface area contributed by atoms with E-state index in [0.29, 0.717) is 25.0 Å². The van der Waals surface area contributed by atoms with Crippen molar-refractivity contribution in [2.75, 3.05) is 36.4 Å². The van der Waals surface area contributed by atoms with Crippen LogP contribution in [0.3, 0.4) is 0 Å². The molecule has 7 nitrogen and oxygen atoms in total. The predicted octanol–water partition coefficient (Wildman–Crippen LogP) is 0.673. The van der Waals surface area contributed by atoms with Crippen LogP contribution >= 0.6 is 11.6 Å². The zero-order valence-electron chi connectivity index (χ0n) is 10.8. The predicted molar refractivity (Wildman–Crippen MR) is 73.5 cm³/mol.